The summed E-state index contributed by atoms with van der Waals surface area (Å²) in [6, 6.07) is 0. The Morgan fingerprint density at radius 1 is 0.603 bits per heavy atom. The van der Waals surface area contributed by atoms with E-state index in [-0.39, 0.29) is 23.9 Å². The van der Waals surface area contributed by atoms with E-state index >= 15 is 0 Å². The van der Waals surface area contributed by atoms with Gasteiger partial charge in [0.1, 0.15) is 11.8 Å². The third-order valence-electron chi connectivity index (χ3n) is 12.4. The number of aliphatic hydroxyl groups excluding tert-OH is 1. The summed E-state index contributed by atoms with van der Waals surface area (Å²) in [5, 5.41) is 13.9. The number of ether oxygens (including phenoxy) is 2. The molecule has 0 fully saturated rings. The highest BCUT2D eigenvalue weighted by Gasteiger charge is 2.16. The van der Waals surface area contributed by atoms with Crippen molar-refractivity contribution in [2.45, 2.75) is 264 Å². The molecule has 0 spiro atoms. The lowest BCUT2D eigenvalue weighted by Gasteiger charge is -2.25. The second kappa shape index (κ2) is 43.4. The highest BCUT2D eigenvalue weighted by Crippen LogP contribution is 2.19. The van der Waals surface area contributed by atoms with Gasteiger partial charge in [-0.2, -0.15) is 0 Å². The number of amides is 1. The van der Waals surface area contributed by atoms with Crippen molar-refractivity contribution in [3.05, 3.63) is 18.2 Å². The molecule has 0 saturated heterocycles. The summed E-state index contributed by atoms with van der Waals surface area (Å²) in [7, 11) is 1.84. The Hall–Kier alpha value is -2.46. The maximum Gasteiger partial charge on any atom is 0.306 e. The monoisotopic (exact) mass is 889 g/mol. The molecule has 0 aliphatic heterocycles. The number of esters is 2. The molecule has 1 aromatic heterocycles. The number of rotatable bonds is 47. The first-order chi connectivity index (χ1) is 30.8. The quantitative estimate of drug-likeness (QED) is 0.0490. The van der Waals surface area contributed by atoms with E-state index in [1.165, 1.54) is 109 Å². The van der Waals surface area contributed by atoms with Crippen LogP contribution in [-0.4, -0.2) is 82.4 Å². The van der Waals surface area contributed by atoms with Crippen molar-refractivity contribution in [3.8, 4) is 0 Å². The zero-order valence-corrected chi connectivity index (χ0v) is 41.6. The number of aromatic nitrogens is 2. The average Bonchev–Trinajstić information content (AvgIpc) is 3.71. The highest BCUT2D eigenvalue weighted by molar-refractivity contribution is 5.91. The van der Waals surface area contributed by atoms with Crippen LogP contribution in [0.2, 0.25) is 0 Å². The van der Waals surface area contributed by atoms with Gasteiger partial charge in [-0.05, 0) is 90.1 Å². The van der Waals surface area contributed by atoms with Gasteiger partial charge < -0.3 is 29.4 Å². The molecule has 10 nitrogen and oxygen atoms in total. The predicted molar refractivity (Wildman–Crippen MR) is 262 cm³/mol. The Kier molecular flexibility index (Phi) is 40.4. The largest absolute Gasteiger partial charge is 0.466 e. The molecule has 368 valence electrons. The van der Waals surface area contributed by atoms with Crippen LogP contribution in [0.5, 0.6) is 0 Å². The molecule has 63 heavy (non-hydrogen) atoms. The van der Waals surface area contributed by atoms with E-state index in [4.69, 9.17) is 9.47 Å². The van der Waals surface area contributed by atoms with E-state index in [2.05, 4.69) is 36.0 Å². The highest BCUT2D eigenvalue weighted by atomic mass is 16.5. The smallest absolute Gasteiger partial charge is 0.306 e. The van der Waals surface area contributed by atoms with Crippen LogP contribution >= 0.6 is 0 Å². The third-order valence-corrected chi connectivity index (χ3v) is 12.4. The molecule has 1 heterocycles. The van der Waals surface area contributed by atoms with Crippen molar-refractivity contribution < 1.29 is 29.0 Å². The minimum Gasteiger partial charge on any atom is -0.466 e. The number of hydrogen-bond acceptors (Lipinski definition) is 8. The van der Waals surface area contributed by atoms with E-state index in [9.17, 15) is 19.5 Å². The summed E-state index contributed by atoms with van der Waals surface area (Å²) < 4.78 is 13.3. The van der Waals surface area contributed by atoms with Crippen molar-refractivity contribution >= 4 is 17.8 Å². The zero-order valence-electron chi connectivity index (χ0n) is 41.6. The molecule has 10 heteroatoms. The number of unbranched alkanes of at least 4 members (excludes halogenated alkanes) is 25. The van der Waals surface area contributed by atoms with Crippen molar-refractivity contribution in [2.24, 2.45) is 7.05 Å². The van der Waals surface area contributed by atoms with E-state index in [1.54, 1.807) is 17.1 Å². The molecule has 0 radical (unpaired) electrons. The van der Waals surface area contributed by atoms with Gasteiger partial charge in [0.05, 0.1) is 19.0 Å². The van der Waals surface area contributed by atoms with Gasteiger partial charge in [-0.15, -0.1) is 0 Å². The lowest BCUT2D eigenvalue weighted by molar-refractivity contribution is -0.150. The van der Waals surface area contributed by atoms with Crippen LogP contribution in [0.4, 0.5) is 0 Å². The third kappa shape index (κ3) is 37.5. The summed E-state index contributed by atoms with van der Waals surface area (Å²) in [5.74, 6) is -0.257. The molecule has 1 atom stereocenters. The fraction of sp³-hybridized carbons (Fsp3) is 0.887. The maximum atomic E-state index is 12.9. The summed E-state index contributed by atoms with van der Waals surface area (Å²) in [4.78, 5) is 44.0. The molecular weight excluding hydrogens is 789 g/mol. The Balaban J connectivity index is 2.41. The van der Waals surface area contributed by atoms with Gasteiger partial charge in [0.2, 0.25) is 0 Å². The van der Waals surface area contributed by atoms with Gasteiger partial charge in [0.15, 0.2) is 0 Å². The van der Waals surface area contributed by atoms with Gasteiger partial charge in [0, 0.05) is 39.2 Å². The van der Waals surface area contributed by atoms with Gasteiger partial charge >= 0.3 is 11.9 Å². The van der Waals surface area contributed by atoms with Crippen LogP contribution in [-0.2, 0) is 26.1 Å². The second-order valence-corrected chi connectivity index (χ2v) is 18.7. The molecule has 1 rings (SSSR count). The lowest BCUT2D eigenvalue weighted by Crippen LogP contribution is -2.34. The van der Waals surface area contributed by atoms with Crippen LogP contribution in [0, 0.1) is 0 Å². The Morgan fingerprint density at radius 2 is 1.06 bits per heavy atom. The van der Waals surface area contributed by atoms with E-state index in [0.717, 1.165) is 116 Å². The summed E-state index contributed by atoms with van der Waals surface area (Å²) in [6.45, 7) is 10.3. The summed E-state index contributed by atoms with van der Waals surface area (Å²) in [6.07, 6.45) is 42.7. The Labute approximate surface area is 387 Å². The number of hydrogen-bond donors (Lipinski definition) is 2. The molecule has 0 aromatic carbocycles. The number of nitrogens with one attached hydrogen (secondary N) is 1. The van der Waals surface area contributed by atoms with Crippen molar-refractivity contribution in [1.82, 2.24) is 19.8 Å². The molecule has 0 saturated carbocycles. The van der Waals surface area contributed by atoms with E-state index in [0.29, 0.717) is 44.7 Å². The predicted octanol–water partition coefficient (Wildman–Crippen LogP) is 13.4. The molecule has 0 bridgehead atoms. The van der Waals surface area contributed by atoms with Gasteiger partial charge in [-0.3, -0.25) is 14.4 Å². The lowest BCUT2D eigenvalue weighted by atomic mass is 10.0. The van der Waals surface area contributed by atoms with Crippen molar-refractivity contribution in [1.29, 1.82) is 0 Å². The van der Waals surface area contributed by atoms with Crippen LogP contribution in [0.3, 0.4) is 0 Å². The van der Waals surface area contributed by atoms with E-state index < -0.39 is 6.10 Å². The number of carbonyl (C=O) groups is 3. The van der Waals surface area contributed by atoms with Gasteiger partial charge in [-0.1, -0.05) is 162 Å². The van der Waals surface area contributed by atoms with Crippen molar-refractivity contribution in [2.75, 3.05) is 32.8 Å². The number of aliphatic hydroxyl groups is 1. The fourth-order valence-electron chi connectivity index (χ4n) is 8.41. The molecule has 1 aromatic rings. The average molecular weight is 889 g/mol. The minimum atomic E-state index is -0.426. The molecule has 0 aliphatic carbocycles. The van der Waals surface area contributed by atoms with Gasteiger partial charge in [-0.25, -0.2) is 4.98 Å². The number of carbonyl (C=O) groups excluding carboxylic acids is 3. The first-order valence-corrected chi connectivity index (χ1v) is 26.8. The van der Waals surface area contributed by atoms with Crippen molar-refractivity contribution in [3.63, 3.8) is 0 Å². The normalized spacial score (nSPS) is 12.0. The summed E-state index contributed by atoms with van der Waals surface area (Å²) in [5.41, 5.74) is 0.419. The Bertz CT molecular complexity index is 1180. The number of imidazole rings is 1. The zero-order chi connectivity index (χ0) is 45.9. The minimum absolute atomic E-state index is 0.0141. The standard InChI is InChI=1S/C53H100N4O6/c1-5-8-11-14-17-18-19-25-35-44-62-51(59)39-30-26-34-43-57(45-48(58)36-31-32-41-54-53(61)50-46-56(4)47-55-50)42-33-24-20-23-29-40-52(60)63-49(37-27-21-15-12-9-6-2)38-28-22-16-13-10-7-3/h46-49,58H,5-45H2,1-4H3,(H,54,61). The van der Waals surface area contributed by atoms with E-state index in [1.807, 2.05) is 7.05 Å². The number of nitrogens with zero attached hydrogens (tertiary/aromatic N) is 3. The van der Waals surface area contributed by atoms with Gasteiger partial charge in [0.25, 0.3) is 5.91 Å². The number of aryl methyl sites for hydroxylation is 1. The van der Waals surface area contributed by atoms with Crippen LogP contribution in [0.1, 0.15) is 262 Å². The molecule has 0 aliphatic rings. The van der Waals surface area contributed by atoms with Crippen LogP contribution in [0.25, 0.3) is 0 Å². The summed E-state index contributed by atoms with van der Waals surface area (Å²) >= 11 is 0. The second-order valence-electron chi connectivity index (χ2n) is 18.7. The topological polar surface area (TPSA) is 123 Å². The first kappa shape index (κ1) is 58.6. The Morgan fingerprint density at radius 3 is 1.60 bits per heavy atom. The molecule has 1 unspecified atom stereocenters. The maximum absolute atomic E-state index is 12.9. The fourth-order valence-corrected chi connectivity index (χ4v) is 8.41. The SMILES string of the molecule is CCCCCCCCCCCOC(=O)CCCCCN(CCCCCCCC(=O)OC(CCCCCCCC)CCCCCCCC)CC(O)CCCCNC(=O)c1cn(C)cn1. The molecular formula is C53H100N4O6. The first-order valence-electron chi connectivity index (χ1n) is 26.8. The molecule has 2 N–H and O–H groups in total. The molecule has 1 amide bonds. The van der Waals surface area contributed by atoms with Crippen LogP contribution in [0.15, 0.2) is 12.5 Å². The van der Waals surface area contributed by atoms with Crippen LogP contribution < -0.4 is 5.32 Å².